The smallest absolute Gasteiger partial charge is 0.0522 e. The van der Waals surface area contributed by atoms with Crippen molar-refractivity contribution in [3.8, 4) is 0 Å². The Bertz CT molecular complexity index is 329. The molecule has 1 unspecified atom stereocenters. The lowest BCUT2D eigenvalue weighted by Crippen LogP contribution is -1.93. The number of halogens is 1. The maximum absolute atomic E-state index is 3.87. The van der Waals surface area contributed by atoms with Crippen LogP contribution in [0.4, 0.5) is 0 Å². The molecule has 2 heteroatoms. The molecule has 1 aromatic rings. The van der Waals surface area contributed by atoms with Crippen molar-refractivity contribution >= 4 is 27.3 Å². The minimum atomic E-state index is 0.617. The van der Waals surface area contributed by atoms with Gasteiger partial charge in [-0.1, -0.05) is 29.3 Å². The third-order valence-corrected chi connectivity index (χ3v) is 5.88. The van der Waals surface area contributed by atoms with Gasteiger partial charge in [0.25, 0.3) is 0 Å². The maximum Gasteiger partial charge on any atom is 0.0522 e. The quantitative estimate of drug-likeness (QED) is 0.691. The van der Waals surface area contributed by atoms with E-state index < -0.39 is 0 Å². The fraction of sp³-hybridized carbons (Fsp3) is 0.667. The average molecular weight is 273 g/mol. The minimum absolute atomic E-state index is 0.617. The lowest BCUT2D eigenvalue weighted by atomic mass is 10.1. The van der Waals surface area contributed by atoms with Crippen molar-refractivity contribution in [2.75, 3.05) is 0 Å². The molecule has 1 aliphatic rings. The monoisotopic (exact) mass is 272 g/mol. The molecular weight excluding hydrogens is 256 g/mol. The Morgan fingerprint density at radius 3 is 2.71 bits per heavy atom. The standard InChI is InChI=1S/C12H17BrS/c1-4-9-6-10(9)11(13)12-7(2)5-8(3)14-12/h5,9-11H,4,6H2,1-3H3/t9-,10-,11?/m1/s1. The van der Waals surface area contributed by atoms with E-state index in [2.05, 4.69) is 42.8 Å². The molecule has 3 atom stereocenters. The Balaban J connectivity index is 2.12. The summed E-state index contributed by atoms with van der Waals surface area (Å²) in [6.45, 7) is 6.73. The summed E-state index contributed by atoms with van der Waals surface area (Å²) in [5.74, 6) is 1.87. The highest BCUT2D eigenvalue weighted by Gasteiger charge is 2.41. The van der Waals surface area contributed by atoms with Crippen LogP contribution in [0, 0.1) is 25.7 Å². The zero-order valence-electron chi connectivity index (χ0n) is 9.01. The molecule has 0 bridgehead atoms. The van der Waals surface area contributed by atoms with Crippen LogP contribution in [0.1, 0.15) is 39.9 Å². The number of alkyl halides is 1. The van der Waals surface area contributed by atoms with Crippen LogP contribution in [0.25, 0.3) is 0 Å². The molecule has 1 aliphatic carbocycles. The Labute approximate surface area is 98.9 Å². The third-order valence-electron chi connectivity index (χ3n) is 3.21. The summed E-state index contributed by atoms with van der Waals surface area (Å²) in [6, 6.07) is 2.30. The second-order valence-electron chi connectivity index (χ2n) is 4.37. The van der Waals surface area contributed by atoms with Crippen molar-refractivity contribution in [2.24, 2.45) is 11.8 Å². The molecule has 1 aromatic heterocycles. The Hall–Kier alpha value is 0.180. The molecule has 0 amide bonds. The predicted octanol–water partition coefficient (Wildman–Crippen LogP) is 4.85. The molecule has 0 radical (unpaired) electrons. The second-order valence-corrected chi connectivity index (χ2v) is 6.65. The molecule has 0 aromatic carbocycles. The SMILES string of the molecule is CC[C@@H]1C[C@H]1C(Br)c1sc(C)cc1C. The van der Waals surface area contributed by atoms with Crippen LogP contribution in [0.15, 0.2) is 6.07 Å². The number of aryl methyl sites for hydroxylation is 2. The summed E-state index contributed by atoms with van der Waals surface area (Å²) < 4.78 is 0. The maximum atomic E-state index is 3.87. The summed E-state index contributed by atoms with van der Waals surface area (Å²) in [5.41, 5.74) is 1.47. The number of hydrogen-bond acceptors (Lipinski definition) is 1. The van der Waals surface area contributed by atoms with Crippen LogP contribution >= 0.6 is 27.3 Å². The number of hydrogen-bond donors (Lipinski definition) is 0. The number of thiophene rings is 1. The molecule has 1 saturated carbocycles. The van der Waals surface area contributed by atoms with E-state index >= 15 is 0 Å². The molecule has 1 fully saturated rings. The molecule has 2 rings (SSSR count). The predicted molar refractivity (Wildman–Crippen MR) is 67.3 cm³/mol. The first-order valence-electron chi connectivity index (χ1n) is 5.34. The van der Waals surface area contributed by atoms with E-state index in [0.717, 1.165) is 11.8 Å². The van der Waals surface area contributed by atoms with Gasteiger partial charge in [0.1, 0.15) is 0 Å². The Morgan fingerprint density at radius 1 is 1.57 bits per heavy atom. The highest BCUT2D eigenvalue weighted by molar-refractivity contribution is 9.09. The van der Waals surface area contributed by atoms with Gasteiger partial charge in [-0.05, 0) is 43.7 Å². The van der Waals surface area contributed by atoms with Gasteiger partial charge in [-0.2, -0.15) is 0 Å². The largest absolute Gasteiger partial charge is 0.144 e. The minimum Gasteiger partial charge on any atom is -0.144 e. The molecule has 14 heavy (non-hydrogen) atoms. The van der Waals surface area contributed by atoms with Crippen molar-refractivity contribution in [1.82, 2.24) is 0 Å². The van der Waals surface area contributed by atoms with Crippen LogP contribution in [0.3, 0.4) is 0 Å². The van der Waals surface area contributed by atoms with Gasteiger partial charge in [-0.25, -0.2) is 0 Å². The van der Waals surface area contributed by atoms with Crippen molar-refractivity contribution in [1.29, 1.82) is 0 Å². The van der Waals surface area contributed by atoms with E-state index in [1.54, 1.807) is 4.88 Å². The fourth-order valence-electron chi connectivity index (χ4n) is 2.23. The van der Waals surface area contributed by atoms with Gasteiger partial charge < -0.3 is 0 Å². The van der Waals surface area contributed by atoms with Crippen LogP contribution in [-0.2, 0) is 0 Å². The molecule has 0 nitrogen and oxygen atoms in total. The summed E-state index contributed by atoms with van der Waals surface area (Å²) in [7, 11) is 0. The molecular formula is C12H17BrS. The molecule has 78 valence electrons. The number of rotatable bonds is 3. The summed E-state index contributed by atoms with van der Waals surface area (Å²) in [6.07, 6.45) is 2.76. The van der Waals surface area contributed by atoms with E-state index in [-0.39, 0.29) is 0 Å². The fourth-order valence-corrected chi connectivity index (χ4v) is 4.61. The lowest BCUT2D eigenvalue weighted by molar-refractivity contribution is 0.677. The van der Waals surface area contributed by atoms with Crippen LogP contribution in [-0.4, -0.2) is 0 Å². The zero-order valence-corrected chi connectivity index (χ0v) is 11.4. The second kappa shape index (κ2) is 3.97. The third kappa shape index (κ3) is 1.92. The highest BCUT2D eigenvalue weighted by atomic mass is 79.9. The van der Waals surface area contributed by atoms with Gasteiger partial charge in [0.2, 0.25) is 0 Å². The van der Waals surface area contributed by atoms with Crippen molar-refractivity contribution < 1.29 is 0 Å². The molecule has 0 N–H and O–H groups in total. The van der Waals surface area contributed by atoms with Crippen LogP contribution in [0.2, 0.25) is 0 Å². The zero-order chi connectivity index (χ0) is 10.3. The van der Waals surface area contributed by atoms with E-state index in [1.807, 2.05) is 11.3 Å². The summed E-state index contributed by atoms with van der Waals surface area (Å²) >= 11 is 5.83. The van der Waals surface area contributed by atoms with Gasteiger partial charge in [0, 0.05) is 9.75 Å². The first-order valence-corrected chi connectivity index (χ1v) is 7.07. The van der Waals surface area contributed by atoms with E-state index in [9.17, 15) is 0 Å². The van der Waals surface area contributed by atoms with Crippen molar-refractivity contribution in [2.45, 2.75) is 38.4 Å². The van der Waals surface area contributed by atoms with Gasteiger partial charge in [-0.15, -0.1) is 11.3 Å². The van der Waals surface area contributed by atoms with E-state index in [0.29, 0.717) is 4.83 Å². The lowest BCUT2D eigenvalue weighted by Gasteiger charge is -2.08. The molecule has 0 spiro atoms. The Kier molecular flexibility index (Phi) is 3.03. The molecule has 0 saturated heterocycles. The van der Waals surface area contributed by atoms with E-state index in [1.165, 1.54) is 23.3 Å². The van der Waals surface area contributed by atoms with Crippen LogP contribution in [0.5, 0.6) is 0 Å². The normalized spacial score (nSPS) is 27.7. The summed E-state index contributed by atoms with van der Waals surface area (Å²) in [5, 5.41) is 0. The van der Waals surface area contributed by atoms with Crippen molar-refractivity contribution in [3.05, 3.63) is 21.4 Å². The van der Waals surface area contributed by atoms with Gasteiger partial charge in [-0.3, -0.25) is 0 Å². The summed E-state index contributed by atoms with van der Waals surface area (Å²) in [4.78, 5) is 3.62. The first kappa shape index (κ1) is 10.7. The topological polar surface area (TPSA) is 0 Å². The van der Waals surface area contributed by atoms with Gasteiger partial charge in [0.05, 0.1) is 4.83 Å². The highest BCUT2D eigenvalue weighted by Crippen LogP contribution is 2.54. The molecule has 1 heterocycles. The van der Waals surface area contributed by atoms with Crippen molar-refractivity contribution in [3.63, 3.8) is 0 Å². The molecule has 0 aliphatic heterocycles. The van der Waals surface area contributed by atoms with Gasteiger partial charge in [0.15, 0.2) is 0 Å². The van der Waals surface area contributed by atoms with Crippen LogP contribution < -0.4 is 0 Å². The first-order chi connectivity index (χ1) is 6.63. The average Bonchev–Trinajstić information content (AvgIpc) is 2.85. The van der Waals surface area contributed by atoms with Gasteiger partial charge >= 0.3 is 0 Å². The Morgan fingerprint density at radius 2 is 2.29 bits per heavy atom. The van der Waals surface area contributed by atoms with E-state index in [4.69, 9.17) is 0 Å².